The first-order valence-electron chi connectivity index (χ1n) is 12.4. The van der Waals surface area contributed by atoms with Crippen molar-refractivity contribution in [2.45, 2.75) is 26.8 Å². The Labute approximate surface area is 230 Å². The second-order valence-corrected chi connectivity index (χ2v) is 11.5. The van der Waals surface area contributed by atoms with Crippen molar-refractivity contribution in [1.82, 2.24) is 33.8 Å². The van der Waals surface area contributed by atoms with Crippen LogP contribution >= 0.6 is 0 Å². The van der Waals surface area contributed by atoms with Crippen LogP contribution in [-0.2, 0) is 14.8 Å². The summed E-state index contributed by atoms with van der Waals surface area (Å²) in [6.07, 6.45) is 3.60. The molecular weight excluding hydrogens is 541 g/mol. The number of ether oxygens (including phenoxy) is 1. The average Bonchev–Trinajstić information content (AvgIpc) is 3.25. The molecule has 5 rings (SSSR count). The molecule has 0 radical (unpaired) electrons. The van der Waals surface area contributed by atoms with Crippen molar-refractivity contribution in [2.24, 2.45) is 0 Å². The number of fused-ring (bicyclic) bond motifs is 1. The monoisotopic (exact) mass is 569 g/mol. The Morgan fingerprint density at radius 2 is 1.88 bits per heavy atom. The average molecular weight is 570 g/mol. The molecule has 1 aliphatic rings. The van der Waals surface area contributed by atoms with E-state index in [1.54, 1.807) is 18.2 Å². The molecule has 1 aliphatic heterocycles. The maximum atomic E-state index is 14.9. The molecule has 13 nitrogen and oxygen atoms in total. The highest BCUT2D eigenvalue weighted by molar-refractivity contribution is 7.88. The predicted molar refractivity (Wildman–Crippen MR) is 146 cm³/mol. The number of anilines is 3. The largest absolute Gasteiger partial charge is 0.479 e. The van der Waals surface area contributed by atoms with Gasteiger partial charge in [0.2, 0.25) is 27.8 Å². The van der Waals surface area contributed by atoms with Gasteiger partial charge in [0.25, 0.3) is 0 Å². The Kier molecular flexibility index (Phi) is 7.10. The molecule has 1 fully saturated rings. The van der Waals surface area contributed by atoms with E-state index < -0.39 is 15.8 Å². The molecule has 1 N–H and O–H groups in total. The van der Waals surface area contributed by atoms with Crippen LogP contribution < -0.4 is 15.0 Å². The van der Waals surface area contributed by atoms with E-state index >= 15 is 0 Å². The normalized spacial score (nSPS) is 14.8. The minimum atomic E-state index is -3.45. The van der Waals surface area contributed by atoms with Crippen LogP contribution in [0.3, 0.4) is 0 Å². The molecule has 210 valence electrons. The van der Waals surface area contributed by atoms with Crippen molar-refractivity contribution in [3.05, 3.63) is 42.2 Å². The molecular formula is C25H28FN9O4S. The summed E-state index contributed by atoms with van der Waals surface area (Å²) >= 11 is 0. The quantitative estimate of drug-likeness (QED) is 0.352. The second kappa shape index (κ2) is 10.4. The van der Waals surface area contributed by atoms with Crippen LogP contribution in [0, 0.1) is 12.7 Å². The van der Waals surface area contributed by atoms with Gasteiger partial charge in [-0.1, -0.05) is 0 Å². The van der Waals surface area contributed by atoms with Crippen molar-refractivity contribution < 1.29 is 22.3 Å². The first-order valence-corrected chi connectivity index (χ1v) is 14.3. The van der Waals surface area contributed by atoms with Gasteiger partial charge in [0.15, 0.2) is 11.3 Å². The van der Waals surface area contributed by atoms with Crippen molar-refractivity contribution in [2.75, 3.05) is 43.2 Å². The Morgan fingerprint density at radius 1 is 1.10 bits per heavy atom. The smallest absolute Gasteiger partial charge is 0.242 e. The number of aromatic nitrogens is 6. The number of aryl methyl sites for hydroxylation is 1. The van der Waals surface area contributed by atoms with Gasteiger partial charge in [-0.3, -0.25) is 4.79 Å². The summed E-state index contributed by atoms with van der Waals surface area (Å²) in [5.41, 5.74) is 2.06. The number of nitrogens with one attached hydrogen (secondary N) is 1. The van der Waals surface area contributed by atoms with Gasteiger partial charge >= 0.3 is 0 Å². The number of hydrogen-bond donors (Lipinski definition) is 1. The van der Waals surface area contributed by atoms with Crippen LogP contribution in [0.25, 0.3) is 22.4 Å². The first-order chi connectivity index (χ1) is 19.0. The Hall–Kier alpha value is -4.24. The number of rotatable bonds is 7. The molecule has 0 saturated carbocycles. The van der Waals surface area contributed by atoms with Crippen molar-refractivity contribution in [3.8, 4) is 17.3 Å². The zero-order valence-corrected chi connectivity index (χ0v) is 23.4. The number of methoxy groups -OCH3 is 1. The van der Waals surface area contributed by atoms with Crippen molar-refractivity contribution in [1.29, 1.82) is 0 Å². The molecule has 0 aliphatic carbocycles. The van der Waals surface area contributed by atoms with E-state index in [4.69, 9.17) is 4.74 Å². The van der Waals surface area contributed by atoms with Gasteiger partial charge in [0.05, 0.1) is 49.2 Å². The number of piperazine rings is 1. The minimum Gasteiger partial charge on any atom is -0.479 e. The van der Waals surface area contributed by atoms with Gasteiger partial charge in [0.1, 0.15) is 17.3 Å². The van der Waals surface area contributed by atoms with Gasteiger partial charge in [-0.15, -0.1) is 0 Å². The summed E-state index contributed by atoms with van der Waals surface area (Å²) in [5, 5.41) is 2.94. The highest BCUT2D eigenvalue weighted by atomic mass is 32.2. The predicted octanol–water partition coefficient (Wildman–Crippen LogP) is 2.67. The highest BCUT2D eigenvalue weighted by Gasteiger charge is 2.30. The standard InChI is InChI=1S/C25H28FN9O4S/c1-14(2)35-15(3)29-23-19(35)10-18(30-24(23)39-4)22-17(26)12-28-25(32-22)31-20-7-6-16(11-27-20)34-9-8-33(13-21(34)36)40(5,37)38/h6-7,10-12,14H,8-9,13H2,1-5H3,(H,27,28,31,32). The number of pyridine rings is 2. The maximum Gasteiger partial charge on any atom is 0.242 e. The number of amides is 1. The van der Waals surface area contributed by atoms with E-state index in [0.29, 0.717) is 17.0 Å². The third-order valence-corrected chi connectivity index (χ3v) is 7.72. The number of sulfonamides is 1. The lowest BCUT2D eigenvalue weighted by Gasteiger charge is -2.32. The number of halogens is 1. The van der Waals surface area contributed by atoms with Crippen LogP contribution in [0.5, 0.6) is 5.88 Å². The van der Waals surface area contributed by atoms with Gasteiger partial charge in [-0.2, -0.15) is 4.31 Å². The molecule has 0 aromatic carbocycles. The van der Waals surface area contributed by atoms with Crippen LogP contribution in [0.2, 0.25) is 0 Å². The Bertz CT molecular complexity index is 1710. The van der Waals surface area contributed by atoms with Gasteiger partial charge in [-0.25, -0.2) is 37.7 Å². The molecule has 1 saturated heterocycles. The molecule has 0 unspecified atom stereocenters. The third kappa shape index (κ3) is 5.16. The van der Waals surface area contributed by atoms with E-state index in [1.165, 1.54) is 18.2 Å². The van der Waals surface area contributed by atoms with E-state index in [2.05, 4.69) is 30.2 Å². The van der Waals surface area contributed by atoms with Gasteiger partial charge in [-0.05, 0) is 39.0 Å². The summed E-state index contributed by atoms with van der Waals surface area (Å²) in [6.45, 7) is 6.11. The van der Waals surface area contributed by atoms with E-state index in [-0.39, 0.29) is 54.8 Å². The molecule has 4 aromatic rings. The maximum absolute atomic E-state index is 14.9. The first kappa shape index (κ1) is 27.3. The second-order valence-electron chi connectivity index (χ2n) is 9.57. The number of imidazole rings is 1. The zero-order valence-electron chi connectivity index (χ0n) is 22.6. The van der Waals surface area contributed by atoms with Gasteiger partial charge in [0, 0.05) is 19.1 Å². The van der Waals surface area contributed by atoms with E-state index in [1.807, 2.05) is 25.3 Å². The number of nitrogens with zero attached hydrogens (tertiary/aromatic N) is 8. The Balaban J connectivity index is 1.40. The highest BCUT2D eigenvalue weighted by Crippen LogP contribution is 2.32. The SMILES string of the molecule is COc1nc(-c2nc(Nc3ccc(N4CCN(S(C)(=O)=O)CC4=O)cn3)ncc2F)cc2c1nc(C)n2C(C)C. The molecule has 0 spiro atoms. The fourth-order valence-electron chi connectivity index (χ4n) is 4.65. The van der Waals surface area contributed by atoms with Gasteiger partial charge < -0.3 is 19.5 Å². The lowest BCUT2D eigenvalue weighted by molar-refractivity contribution is -0.119. The summed E-state index contributed by atoms with van der Waals surface area (Å²) in [6, 6.07) is 5.12. The third-order valence-electron chi connectivity index (χ3n) is 6.47. The van der Waals surface area contributed by atoms with Crippen LogP contribution in [0.4, 0.5) is 21.8 Å². The molecule has 0 bridgehead atoms. The van der Waals surface area contributed by atoms with Crippen molar-refractivity contribution in [3.63, 3.8) is 0 Å². The fraction of sp³-hybridized carbons (Fsp3) is 0.360. The summed E-state index contributed by atoms with van der Waals surface area (Å²) in [5.74, 6) is 0.469. The molecule has 40 heavy (non-hydrogen) atoms. The fourth-order valence-corrected chi connectivity index (χ4v) is 5.40. The lowest BCUT2D eigenvalue weighted by atomic mass is 10.2. The molecule has 5 heterocycles. The molecule has 1 amide bonds. The zero-order chi connectivity index (χ0) is 28.8. The van der Waals surface area contributed by atoms with E-state index in [0.717, 1.165) is 28.1 Å². The topological polar surface area (TPSA) is 148 Å². The molecule has 15 heteroatoms. The van der Waals surface area contributed by atoms with E-state index in [9.17, 15) is 17.6 Å². The lowest BCUT2D eigenvalue weighted by Crippen LogP contribution is -2.52. The minimum absolute atomic E-state index is 0.0298. The summed E-state index contributed by atoms with van der Waals surface area (Å²) in [4.78, 5) is 35.7. The van der Waals surface area contributed by atoms with Crippen LogP contribution in [-0.4, -0.2) is 81.1 Å². The van der Waals surface area contributed by atoms with Crippen molar-refractivity contribution >= 4 is 44.4 Å². The summed E-state index contributed by atoms with van der Waals surface area (Å²) in [7, 11) is -1.97. The molecule has 0 atom stereocenters. The molecule has 4 aromatic heterocycles. The number of hydrogen-bond acceptors (Lipinski definition) is 10. The van der Waals surface area contributed by atoms with Crippen LogP contribution in [0.15, 0.2) is 30.6 Å². The Morgan fingerprint density at radius 3 is 2.50 bits per heavy atom. The number of carbonyl (C=O) groups excluding carboxylic acids is 1. The summed E-state index contributed by atoms with van der Waals surface area (Å²) < 4.78 is 47.0. The van der Waals surface area contributed by atoms with Crippen LogP contribution in [0.1, 0.15) is 25.7 Å². The number of carbonyl (C=O) groups is 1.